The van der Waals surface area contributed by atoms with Crippen LogP contribution < -0.4 is 10.5 Å². The van der Waals surface area contributed by atoms with Crippen molar-refractivity contribution < 1.29 is 14.0 Å². The Labute approximate surface area is 120 Å². The lowest BCUT2D eigenvalue weighted by Crippen LogP contribution is -1.98. The Balaban J connectivity index is 1.98. The lowest BCUT2D eigenvalue weighted by Gasteiger charge is -2.07. The third-order valence-electron chi connectivity index (χ3n) is 3.21. The van der Waals surface area contributed by atoms with Crippen molar-refractivity contribution in [2.75, 3.05) is 19.5 Å². The second-order valence-corrected chi connectivity index (χ2v) is 4.94. The standard InChI is InChI=1S/C13H14ClN3O3/c1-18-11-6-9(15)8(14)5-7(11)13-16-12(17-20-13)10-3-2-4-19-10/h5-6,10H,2-4,15H2,1H3. The second-order valence-electron chi connectivity index (χ2n) is 4.53. The molecule has 1 aromatic carbocycles. The van der Waals surface area contributed by atoms with Crippen molar-refractivity contribution in [2.24, 2.45) is 0 Å². The van der Waals surface area contributed by atoms with Crippen molar-refractivity contribution in [3.05, 3.63) is 23.0 Å². The van der Waals surface area contributed by atoms with Crippen molar-refractivity contribution in [2.45, 2.75) is 18.9 Å². The normalized spacial score (nSPS) is 18.4. The van der Waals surface area contributed by atoms with Crippen molar-refractivity contribution in [3.8, 4) is 17.2 Å². The topological polar surface area (TPSA) is 83.4 Å². The number of hydrogen-bond donors (Lipinski definition) is 1. The Hall–Kier alpha value is -1.79. The maximum Gasteiger partial charge on any atom is 0.261 e. The summed E-state index contributed by atoms with van der Waals surface area (Å²) in [4.78, 5) is 4.36. The molecule has 2 N–H and O–H groups in total. The van der Waals surface area contributed by atoms with E-state index in [1.807, 2.05) is 0 Å². The number of nitrogens with zero attached hydrogens (tertiary/aromatic N) is 2. The van der Waals surface area contributed by atoms with Gasteiger partial charge >= 0.3 is 0 Å². The SMILES string of the molecule is COc1cc(N)c(Cl)cc1-c1nc(C2CCCO2)no1. The maximum atomic E-state index is 6.03. The minimum atomic E-state index is -0.0947. The zero-order valence-electron chi connectivity index (χ0n) is 10.9. The van der Waals surface area contributed by atoms with Crippen LogP contribution in [0.15, 0.2) is 16.7 Å². The number of aromatic nitrogens is 2. The predicted molar refractivity (Wildman–Crippen MR) is 73.6 cm³/mol. The second kappa shape index (κ2) is 5.30. The maximum absolute atomic E-state index is 6.03. The number of nitrogen functional groups attached to an aromatic ring is 1. The molecule has 1 unspecified atom stereocenters. The summed E-state index contributed by atoms with van der Waals surface area (Å²) in [6.07, 6.45) is 1.81. The van der Waals surface area contributed by atoms with E-state index < -0.39 is 0 Å². The number of benzene rings is 1. The van der Waals surface area contributed by atoms with E-state index in [1.54, 1.807) is 19.2 Å². The highest BCUT2D eigenvalue weighted by Crippen LogP contribution is 2.36. The summed E-state index contributed by atoms with van der Waals surface area (Å²) in [6, 6.07) is 3.29. The molecule has 3 rings (SSSR count). The molecular weight excluding hydrogens is 282 g/mol. The number of ether oxygens (including phenoxy) is 2. The van der Waals surface area contributed by atoms with E-state index in [0.29, 0.717) is 33.7 Å². The smallest absolute Gasteiger partial charge is 0.261 e. The van der Waals surface area contributed by atoms with Crippen LogP contribution >= 0.6 is 11.6 Å². The summed E-state index contributed by atoms with van der Waals surface area (Å²) < 4.78 is 16.1. The van der Waals surface area contributed by atoms with Crippen LogP contribution in [0.3, 0.4) is 0 Å². The van der Waals surface area contributed by atoms with Crippen LogP contribution in [-0.4, -0.2) is 23.9 Å². The monoisotopic (exact) mass is 295 g/mol. The lowest BCUT2D eigenvalue weighted by molar-refractivity contribution is 0.103. The van der Waals surface area contributed by atoms with E-state index in [9.17, 15) is 0 Å². The Bertz CT molecular complexity index is 623. The molecule has 2 aromatic rings. The van der Waals surface area contributed by atoms with Crippen molar-refractivity contribution >= 4 is 17.3 Å². The summed E-state index contributed by atoms with van der Waals surface area (Å²) >= 11 is 6.03. The van der Waals surface area contributed by atoms with Gasteiger partial charge < -0.3 is 19.7 Å². The molecule has 0 saturated carbocycles. The number of halogens is 1. The van der Waals surface area contributed by atoms with Crippen molar-refractivity contribution in [1.82, 2.24) is 10.1 Å². The number of nitrogens with two attached hydrogens (primary N) is 1. The summed E-state index contributed by atoms with van der Waals surface area (Å²) in [5, 5.41) is 4.38. The molecule has 20 heavy (non-hydrogen) atoms. The quantitative estimate of drug-likeness (QED) is 0.877. The number of anilines is 1. The lowest BCUT2D eigenvalue weighted by atomic mass is 10.1. The van der Waals surface area contributed by atoms with Gasteiger partial charge in [0, 0.05) is 12.7 Å². The van der Waals surface area contributed by atoms with Crippen molar-refractivity contribution in [3.63, 3.8) is 0 Å². The van der Waals surface area contributed by atoms with E-state index in [1.165, 1.54) is 0 Å². The zero-order valence-corrected chi connectivity index (χ0v) is 11.7. The molecule has 0 spiro atoms. The third kappa shape index (κ3) is 2.32. The van der Waals surface area contributed by atoms with E-state index in [-0.39, 0.29) is 6.10 Å². The molecule has 0 aliphatic carbocycles. The molecule has 1 saturated heterocycles. The van der Waals surface area contributed by atoms with Gasteiger partial charge in [-0.15, -0.1) is 0 Å². The van der Waals surface area contributed by atoms with Crippen LogP contribution in [-0.2, 0) is 4.74 Å². The van der Waals surface area contributed by atoms with E-state index in [0.717, 1.165) is 19.4 Å². The number of methoxy groups -OCH3 is 1. The molecule has 1 aromatic heterocycles. The average molecular weight is 296 g/mol. The van der Waals surface area contributed by atoms with Gasteiger partial charge in [0.1, 0.15) is 11.9 Å². The number of rotatable bonds is 3. The van der Waals surface area contributed by atoms with Gasteiger partial charge in [-0.3, -0.25) is 0 Å². The van der Waals surface area contributed by atoms with Crippen LogP contribution in [0.5, 0.6) is 5.75 Å². The molecule has 2 heterocycles. The molecule has 0 radical (unpaired) electrons. The average Bonchev–Trinajstić information content (AvgIpc) is 3.10. The molecule has 6 nitrogen and oxygen atoms in total. The molecule has 1 atom stereocenters. The fourth-order valence-corrected chi connectivity index (χ4v) is 2.33. The molecule has 1 aliphatic rings. The van der Waals surface area contributed by atoms with Gasteiger partial charge in [0.05, 0.1) is 23.4 Å². The number of hydrogen-bond acceptors (Lipinski definition) is 6. The summed E-state index contributed by atoms with van der Waals surface area (Å²) in [5.74, 6) is 1.43. The Morgan fingerprint density at radius 2 is 2.30 bits per heavy atom. The molecule has 0 bridgehead atoms. The first-order valence-electron chi connectivity index (χ1n) is 6.27. The first kappa shape index (κ1) is 13.2. The van der Waals surface area contributed by atoms with Gasteiger partial charge in [-0.2, -0.15) is 4.98 Å². The minimum absolute atomic E-state index is 0.0947. The van der Waals surface area contributed by atoms with Gasteiger partial charge in [0.25, 0.3) is 5.89 Å². The Kier molecular flexibility index (Phi) is 3.50. The van der Waals surface area contributed by atoms with Gasteiger partial charge in [0.2, 0.25) is 5.82 Å². The van der Waals surface area contributed by atoms with Crippen LogP contribution in [0.25, 0.3) is 11.5 Å². The minimum Gasteiger partial charge on any atom is -0.496 e. The van der Waals surface area contributed by atoms with Gasteiger partial charge in [-0.05, 0) is 18.9 Å². The molecular formula is C13H14ClN3O3. The van der Waals surface area contributed by atoms with Gasteiger partial charge in [-0.25, -0.2) is 0 Å². The highest BCUT2D eigenvalue weighted by Gasteiger charge is 2.24. The molecule has 106 valence electrons. The van der Waals surface area contributed by atoms with Crippen molar-refractivity contribution in [1.29, 1.82) is 0 Å². The van der Waals surface area contributed by atoms with Gasteiger partial charge in [0.15, 0.2) is 0 Å². The van der Waals surface area contributed by atoms with Crippen LogP contribution in [0.2, 0.25) is 5.02 Å². The summed E-state index contributed by atoms with van der Waals surface area (Å²) in [6.45, 7) is 0.728. The first-order valence-corrected chi connectivity index (χ1v) is 6.65. The largest absolute Gasteiger partial charge is 0.496 e. The fraction of sp³-hybridized carbons (Fsp3) is 0.385. The van der Waals surface area contributed by atoms with E-state index >= 15 is 0 Å². The van der Waals surface area contributed by atoms with E-state index in [4.69, 9.17) is 31.3 Å². The van der Waals surface area contributed by atoms with E-state index in [2.05, 4.69) is 10.1 Å². The highest BCUT2D eigenvalue weighted by molar-refractivity contribution is 6.33. The summed E-state index contributed by atoms with van der Waals surface area (Å²) in [7, 11) is 1.55. The molecule has 7 heteroatoms. The highest BCUT2D eigenvalue weighted by atomic mass is 35.5. The van der Waals surface area contributed by atoms with Crippen LogP contribution in [0, 0.1) is 0 Å². The Morgan fingerprint density at radius 3 is 3.00 bits per heavy atom. The zero-order chi connectivity index (χ0) is 14.1. The van der Waals surface area contributed by atoms with Crippen LogP contribution in [0.1, 0.15) is 24.8 Å². The summed E-state index contributed by atoms with van der Waals surface area (Å²) in [5.41, 5.74) is 6.80. The van der Waals surface area contributed by atoms with Crippen LogP contribution in [0.4, 0.5) is 5.69 Å². The predicted octanol–water partition coefficient (Wildman–Crippen LogP) is 2.83. The van der Waals surface area contributed by atoms with Gasteiger partial charge in [-0.1, -0.05) is 16.8 Å². The molecule has 1 aliphatic heterocycles. The first-order chi connectivity index (χ1) is 9.69. The molecule has 0 amide bonds. The fourth-order valence-electron chi connectivity index (χ4n) is 2.16. The molecule has 1 fully saturated rings. The Morgan fingerprint density at radius 1 is 1.45 bits per heavy atom. The third-order valence-corrected chi connectivity index (χ3v) is 3.54.